The SMILES string of the molecule is N#Cc1cnc2c(Cl)cc(N[C@H](C3=CN(C4CC4)NN3)c3ccc(F)cc3)cc2c1NC(CC(F)(F)F)c1ccccc1. The van der Waals surface area contributed by atoms with Gasteiger partial charge in [0.05, 0.1) is 46.0 Å². The van der Waals surface area contributed by atoms with E-state index in [0.29, 0.717) is 28.2 Å². The van der Waals surface area contributed by atoms with Crippen molar-refractivity contribution in [1.82, 2.24) is 21.0 Å². The van der Waals surface area contributed by atoms with E-state index >= 15 is 0 Å². The van der Waals surface area contributed by atoms with Crippen LogP contribution in [-0.4, -0.2) is 22.2 Å². The molecule has 1 fully saturated rings. The number of hydrazine groups is 2. The monoisotopic (exact) mass is 607 g/mol. The van der Waals surface area contributed by atoms with E-state index in [4.69, 9.17) is 11.6 Å². The van der Waals surface area contributed by atoms with Gasteiger partial charge >= 0.3 is 6.18 Å². The molecule has 1 saturated carbocycles. The van der Waals surface area contributed by atoms with Crippen molar-refractivity contribution in [3.8, 4) is 6.07 Å². The van der Waals surface area contributed by atoms with Crippen molar-refractivity contribution in [3.63, 3.8) is 0 Å². The number of hydrogen-bond acceptors (Lipinski definition) is 7. The van der Waals surface area contributed by atoms with Crippen LogP contribution in [0.2, 0.25) is 5.02 Å². The maximum absolute atomic E-state index is 13.8. The van der Waals surface area contributed by atoms with Crippen LogP contribution in [0.1, 0.15) is 48.0 Å². The second kappa shape index (κ2) is 11.6. The Morgan fingerprint density at radius 3 is 2.47 bits per heavy atom. The summed E-state index contributed by atoms with van der Waals surface area (Å²) in [5.74, 6) is -0.375. The summed E-state index contributed by atoms with van der Waals surface area (Å²) < 4.78 is 54.9. The second-order valence-electron chi connectivity index (χ2n) is 10.5. The third-order valence-corrected chi connectivity index (χ3v) is 7.66. The van der Waals surface area contributed by atoms with Crippen molar-refractivity contribution in [2.75, 3.05) is 10.6 Å². The summed E-state index contributed by atoms with van der Waals surface area (Å²) in [7, 11) is 0. The Morgan fingerprint density at radius 2 is 1.79 bits per heavy atom. The number of fused-ring (bicyclic) bond motifs is 1. The fourth-order valence-corrected chi connectivity index (χ4v) is 5.40. The zero-order valence-electron chi connectivity index (χ0n) is 22.6. The van der Waals surface area contributed by atoms with Gasteiger partial charge in [0.1, 0.15) is 11.9 Å². The second-order valence-corrected chi connectivity index (χ2v) is 10.9. The average molecular weight is 608 g/mol. The Bertz CT molecular complexity index is 1700. The number of pyridine rings is 1. The summed E-state index contributed by atoms with van der Waals surface area (Å²) >= 11 is 6.68. The van der Waals surface area contributed by atoms with E-state index in [-0.39, 0.29) is 22.1 Å². The predicted octanol–water partition coefficient (Wildman–Crippen LogP) is 7.49. The Kier molecular flexibility index (Phi) is 7.73. The molecule has 2 aliphatic rings. The third kappa shape index (κ3) is 6.45. The highest BCUT2D eigenvalue weighted by molar-refractivity contribution is 6.35. The van der Waals surface area contributed by atoms with Crippen molar-refractivity contribution in [1.29, 1.82) is 5.26 Å². The van der Waals surface area contributed by atoms with Crippen LogP contribution in [0.25, 0.3) is 10.9 Å². The Hall–Kier alpha value is -4.53. The van der Waals surface area contributed by atoms with Crippen molar-refractivity contribution >= 4 is 33.9 Å². The number of rotatable bonds is 9. The predicted molar refractivity (Wildman–Crippen MR) is 157 cm³/mol. The number of anilines is 2. The highest BCUT2D eigenvalue weighted by atomic mass is 35.5. The molecule has 0 radical (unpaired) electrons. The zero-order chi connectivity index (χ0) is 30.1. The summed E-state index contributed by atoms with van der Waals surface area (Å²) in [6.45, 7) is 0. The Labute approximate surface area is 250 Å². The van der Waals surface area contributed by atoms with Gasteiger partial charge in [0.25, 0.3) is 0 Å². The molecule has 220 valence electrons. The lowest BCUT2D eigenvalue weighted by Crippen LogP contribution is -2.38. The standard InChI is InChI=1S/C31H26ClF4N7/c32-25-13-22(39-29(19-6-8-21(33)9-7-19)27-17-43(42-41-27)23-10-11-23)12-24-28(20(15-37)16-38-30(24)25)40-26(14-31(34,35)36)18-4-2-1-3-5-18/h1-9,12-13,16-17,23,26,29,39,41-42H,10-11,14H2,(H,38,40)/t26?,29-/m0/s1. The first-order valence-electron chi connectivity index (χ1n) is 13.6. The molecule has 1 aromatic heterocycles. The first-order valence-corrected chi connectivity index (χ1v) is 14.0. The Morgan fingerprint density at radius 1 is 1.05 bits per heavy atom. The molecule has 4 N–H and O–H groups in total. The summed E-state index contributed by atoms with van der Waals surface area (Å²) in [5.41, 5.74) is 9.37. The number of hydrogen-bond donors (Lipinski definition) is 4. The molecule has 43 heavy (non-hydrogen) atoms. The average Bonchev–Trinajstić information content (AvgIpc) is 3.72. The number of nitriles is 1. The molecule has 1 aliphatic carbocycles. The van der Waals surface area contributed by atoms with E-state index in [0.717, 1.165) is 24.1 Å². The number of alkyl halides is 3. The number of nitrogens with one attached hydrogen (secondary N) is 4. The smallest absolute Gasteiger partial charge is 0.376 e. The lowest BCUT2D eigenvalue weighted by atomic mass is 10.0. The van der Waals surface area contributed by atoms with Crippen LogP contribution in [0.3, 0.4) is 0 Å². The first-order chi connectivity index (χ1) is 20.7. The molecule has 0 amide bonds. The maximum Gasteiger partial charge on any atom is 0.391 e. The highest BCUT2D eigenvalue weighted by Gasteiger charge is 2.34. The molecule has 0 saturated heterocycles. The van der Waals surface area contributed by atoms with Crippen LogP contribution in [-0.2, 0) is 0 Å². The van der Waals surface area contributed by atoms with Crippen molar-refractivity contribution < 1.29 is 17.6 Å². The molecular formula is C31H26ClF4N7. The van der Waals surface area contributed by atoms with E-state index in [1.54, 1.807) is 54.6 Å². The van der Waals surface area contributed by atoms with Crippen molar-refractivity contribution in [2.45, 2.75) is 43.6 Å². The third-order valence-electron chi connectivity index (χ3n) is 7.37. The molecule has 12 heteroatoms. The van der Waals surface area contributed by atoms with Crippen LogP contribution in [0, 0.1) is 17.1 Å². The molecule has 2 heterocycles. The minimum absolute atomic E-state index is 0.0725. The van der Waals surface area contributed by atoms with Gasteiger partial charge in [-0.1, -0.05) is 54.1 Å². The molecule has 4 aromatic rings. The van der Waals surface area contributed by atoms with Crippen LogP contribution in [0.15, 0.2) is 84.8 Å². The molecule has 1 aliphatic heterocycles. The number of aromatic nitrogens is 1. The van der Waals surface area contributed by atoms with Crippen LogP contribution in [0.5, 0.6) is 0 Å². The van der Waals surface area contributed by atoms with Crippen molar-refractivity contribution in [3.05, 3.63) is 112 Å². The van der Waals surface area contributed by atoms with E-state index in [1.165, 1.54) is 18.3 Å². The fourth-order valence-electron chi connectivity index (χ4n) is 5.13. The van der Waals surface area contributed by atoms with Gasteiger partial charge in [0.15, 0.2) is 0 Å². The van der Waals surface area contributed by atoms with E-state index in [1.807, 2.05) is 17.3 Å². The molecular weight excluding hydrogens is 582 g/mol. The molecule has 1 unspecified atom stereocenters. The first kappa shape index (κ1) is 28.6. The minimum atomic E-state index is -4.47. The number of benzene rings is 3. The number of nitrogens with zero attached hydrogens (tertiary/aromatic N) is 3. The summed E-state index contributed by atoms with van der Waals surface area (Å²) in [5, 5.41) is 18.9. The largest absolute Gasteiger partial charge is 0.391 e. The van der Waals surface area contributed by atoms with Gasteiger partial charge in [-0.15, -0.1) is 5.53 Å². The minimum Gasteiger partial charge on any atom is -0.376 e. The molecule has 0 bridgehead atoms. The quantitative estimate of drug-likeness (QED) is 0.147. The van der Waals surface area contributed by atoms with E-state index in [9.17, 15) is 22.8 Å². The van der Waals surface area contributed by atoms with Gasteiger partial charge in [0, 0.05) is 29.5 Å². The Balaban J connectivity index is 1.42. The van der Waals surface area contributed by atoms with E-state index < -0.39 is 24.7 Å². The fraction of sp³-hybridized carbons (Fsp3) is 0.226. The highest BCUT2D eigenvalue weighted by Crippen LogP contribution is 2.39. The normalized spacial score (nSPS) is 16.3. The zero-order valence-corrected chi connectivity index (χ0v) is 23.3. The van der Waals surface area contributed by atoms with Gasteiger partial charge < -0.3 is 16.1 Å². The topological polar surface area (TPSA) is 88.0 Å². The lowest BCUT2D eigenvalue weighted by molar-refractivity contribution is -0.137. The van der Waals surface area contributed by atoms with Crippen molar-refractivity contribution in [2.24, 2.45) is 0 Å². The van der Waals surface area contributed by atoms with Gasteiger partial charge in [-0.2, -0.15) is 18.4 Å². The molecule has 0 spiro atoms. The molecule has 2 atom stereocenters. The molecule has 3 aromatic carbocycles. The summed E-state index contributed by atoms with van der Waals surface area (Å²) in [6, 6.07) is 18.5. The lowest BCUT2D eigenvalue weighted by Gasteiger charge is -2.25. The van der Waals surface area contributed by atoms with Gasteiger partial charge in [-0.25, -0.2) is 4.39 Å². The van der Waals surface area contributed by atoms with E-state index in [2.05, 4.69) is 26.6 Å². The number of halogens is 5. The summed E-state index contributed by atoms with van der Waals surface area (Å²) in [4.78, 5) is 4.34. The summed E-state index contributed by atoms with van der Waals surface area (Å²) in [6.07, 6.45) is -0.253. The van der Waals surface area contributed by atoms with Gasteiger partial charge in [-0.3, -0.25) is 9.99 Å². The van der Waals surface area contributed by atoms with Gasteiger partial charge in [0.2, 0.25) is 0 Å². The van der Waals surface area contributed by atoms with Crippen LogP contribution in [0.4, 0.5) is 28.9 Å². The van der Waals surface area contributed by atoms with Gasteiger partial charge in [-0.05, 0) is 48.2 Å². The van der Waals surface area contributed by atoms with Crippen LogP contribution < -0.4 is 21.6 Å². The van der Waals surface area contributed by atoms with Crippen LogP contribution >= 0.6 is 11.6 Å². The molecule has 7 nitrogen and oxygen atoms in total. The molecule has 6 rings (SSSR count). The maximum atomic E-state index is 13.8.